The molecule has 0 saturated heterocycles. The topological polar surface area (TPSA) is 38.1 Å². The zero-order valence-electron chi connectivity index (χ0n) is 31.8. The maximum atomic E-state index is 5.47. The van der Waals surface area contributed by atoms with Gasteiger partial charge < -0.3 is 0 Å². The van der Waals surface area contributed by atoms with E-state index in [1.54, 1.807) is 0 Å². The zero-order valence-corrected chi connectivity index (χ0v) is 31.8. The van der Waals surface area contributed by atoms with Crippen molar-refractivity contribution in [3.63, 3.8) is 0 Å². The number of benzene rings is 4. The third-order valence-electron chi connectivity index (χ3n) is 11.3. The van der Waals surface area contributed by atoms with Crippen LogP contribution in [0.15, 0.2) is 180 Å². The molecular weight excluding hydrogens is 667 g/mol. The number of nitrogens with zero attached hydrogens (tertiary/aromatic N) is 3. The smallest absolute Gasteiger partial charge is 0.0967 e. The Bertz CT molecular complexity index is 2530. The number of hydrogen-bond acceptors (Lipinski definition) is 3. The monoisotopic (exact) mass is 711 g/mol. The first-order chi connectivity index (χ1) is 27.0. The normalized spacial score (nSPS) is 18.0. The zero-order chi connectivity index (χ0) is 37.3. The van der Waals surface area contributed by atoms with Crippen LogP contribution < -0.4 is 0 Å². The van der Waals surface area contributed by atoms with Gasteiger partial charge >= 0.3 is 0 Å². The molecule has 0 saturated carbocycles. The van der Waals surface area contributed by atoms with Gasteiger partial charge in [-0.25, -0.2) is 9.97 Å². The summed E-state index contributed by atoms with van der Waals surface area (Å²) in [6.07, 6.45) is 18.9. The minimum absolute atomic E-state index is 0.158. The van der Waals surface area contributed by atoms with Gasteiger partial charge in [-0.15, -0.1) is 0 Å². The number of allylic oxidation sites excluding steroid dienone is 10. The van der Waals surface area contributed by atoms with Crippen LogP contribution in [0.5, 0.6) is 0 Å². The van der Waals surface area contributed by atoms with Crippen LogP contribution >= 0.6 is 0 Å². The fraction of sp³-hybridized carbons (Fsp3) is 0.173. The van der Waals surface area contributed by atoms with Crippen LogP contribution in [0.4, 0.5) is 5.69 Å². The summed E-state index contributed by atoms with van der Waals surface area (Å²) in [5, 5.41) is 1.22. The summed E-state index contributed by atoms with van der Waals surface area (Å²) >= 11 is 0. The van der Waals surface area contributed by atoms with Crippen LogP contribution in [0.25, 0.3) is 38.9 Å². The molecule has 9 rings (SSSR count). The molecule has 3 heteroatoms. The molecule has 268 valence electrons. The molecule has 0 radical (unpaired) electrons. The van der Waals surface area contributed by atoms with Crippen LogP contribution in [-0.2, 0) is 6.42 Å². The molecule has 4 aromatic carbocycles. The van der Waals surface area contributed by atoms with Gasteiger partial charge in [0.25, 0.3) is 0 Å². The van der Waals surface area contributed by atoms with Gasteiger partial charge in [0.2, 0.25) is 0 Å². The molecule has 3 aliphatic rings. The molecular formula is C52H45N3. The Morgan fingerprint density at radius 1 is 0.673 bits per heavy atom. The minimum Gasteiger partial charge on any atom is -0.250 e. The van der Waals surface area contributed by atoms with E-state index in [0.29, 0.717) is 5.92 Å². The van der Waals surface area contributed by atoms with Crippen molar-refractivity contribution in [1.29, 1.82) is 0 Å². The second-order valence-corrected chi connectivity index (χ2v) is 15.3. The Kier molecular flexibility index (Phi) is 9.37. The van der Waals surface area contributed by atoms with Crippen molar-refractivity contribution in [3.05, 3.63) is 203 Å². The number of pyridine rings is 2. The summed E-state index contributed by atoms with van der Waals surface area (Å²) < 4.78 is 0. The summed E-state index contributed by atoms with van der Waals surface area (Å²) in [5.74, 6) is 0.771. The predicted molar refractivity (Wildman–Crippen MR) is 231 cm³/mol. The lowest BCUT2D eigenvalue weighted by atomic mass is 9.81. The van der Waals surface area contributed by atoms with Gasteiger partial charge in [0.1, 0.15) is 0 Å². The first-order valence-electron chi connectivity index (χ1n) is 19.7. The maximum Gasteiger partial charge on any atom is 0.0967 e. The Morgan fingerprint density at radius 2 is 1.38 bits per heavy atom. The highest BCUT2D eigenvalue weighted by atomic mass is 14.8. The Morgan fingerprint density at radius 3 is 2.11 bits per heavy atom. The fourth-order valence-corrected chi connectivity index (χ4v) is 8.28. The fourth-order valence-electron chi connectivity index (χ4n) is 8.28. The molecule has 0 bridgehead atoms. The average Bonchev–Trinajstić information content (AvgIpc) is 3.50. The first kappa shape index (κ1) is 34.6. The quantitative estimate of drug-likeness (QED) is 0.165. The maximum absolute atomic E-state index is 5.47. The molecule has 55 heavy (non-hydrogen) atoms. The van der Waals surface area contributed by atoms with E-state index in [1.165, 1.54) is 49.9 Å². The van der Waals surface area contributed by atoms with Crippen LogP contribution in [0.1, 0.15) is 73.5 Å². The number of aromatic nitrogens is 2. The van der Waals surface area contributed by atoms with Gasteiger partial charge in [-0.1, -0.05) is 160 Å². The number of aryl methyl sites for hydroxylation is 1. The number of aliphatic imine (C=N–C) groups is 1. The summed E-state index contributed by atoms with van der Waals surface area (Å²) in [6.45, 7) is 6.91. The molecule has 2 unspecified atom stereocenters. The molecule has 0 amide bonds. The van der Waals surface area contributed by atoms with Crippen molar-refractivity contribution in [2.75, 3.05) is 0 Å². The third-order valence-corrected chi connectivity index (χ3v) is 11.3. The number of hydrogen-bond donors (Lipinski definition) is 0. The first-order valence-corrected chi connectivity index (χ1v) is 19.7. The second kappa shape index (κ2) is 14.9. The van der Waals surface area contributed by atoms with E-state index in [9.17, 15) is 0 Å². The Hall–Kier alpha value is -6.19. The lowest BCUT2D eigenvalue weighted by Crippen LogP contribution is -2.13. The Balaban J connectivity index is 1.07. The Labute approximate surface area is 325 Å². The molecule has 1 aliphatic heterocycles. The minimum atomic E-state index is 0.158. The van der Waals surface area contributed by atoms with Crippen molar-refractivity contribution in [1.82, 2.24) is 9.97 Å². The largest absolute Gasteiger partial charge is 0.250 e. The van der Waals surface area contributed by atoms with E-state index < -0.39 is 0 Å². The highest BCUT2D eigenvalue weighted by molar-refractivity contribution is 6.06. The van der Waals surface area contributed by atoms with Crippen LogP contribution in [-0.4, -0.2) is 15.7 Å². The molecule has 3 heterocycles. The molecule has 6 aromatic rings. The van der Waals surface area contributed by atoms with Crippen molar-refractivity contribution in [2.45, 2.75) is 51.9 Å². The van der Waals surface area contributed by atoms with E-state index >= 15 is 0 Å². The van der Waals surface area contributed by atoms with Gasteiger partial charge in [0.05, 0.1) is 22.6 Å². The molecule has 2 aliphatic carbocycles. The summed E-state index contributed by atoms with van der Waals surface area (Å²) in [4.78, 5) is 16.0. The molecule has 0 N–H and O–H groups in total. The van der Waals surface area contributed by atoms with Gasteiger partial charge in [-0.05, 0) is 99.9 Å². The van der Waals surface area contributed by atoms with Gasteiger partial charge in [-0.3, -0.25) is 4.99 Å². The van der Waals surface area contributed by atoms with E-state index in [-0.39, 0.29) is 11.8 Å². The standard InChI is InChI=1S/C52H45N3/c1-34(2)46-33-50(55-52-45(46)27-23-39-25-28-47(54-51(39)52)37-17-9-5-10-18-37)44-26-24-41(29-35(44)3)40-21-13-14-22-42(30-40)49-32-43(36-15-7-4-8-16-36)31-48(53-49)38-19-11-6-12-20-38/h4-21,23-24,26-27,29-35,44H,22,25,28H2,1-3H3. The van der Waals surface area contributed by atoms with Crippen molar-refractivity contribution < 1.29 is 0 Å². The highest BCUT2D eigenvalue weighted by Gasteiger charge is 2.25. The molecule has 0 fully saturated rings. The van der Waals surface area contributed by atoms with Crippen LogP contribution in [0.2, 0.25) is 0 Å². The van der Waals surface area contributed by atoms with E-state index in [1.807, 2.05) is 0 Å². The average molecular weight is 712 g/mol. The van der Waals surface area contributed by atoms with Gasteiger partial charge in [0, 0.05) is 28.3 Å². The van der Waals surface area contributed by atoms with Crippen LogP contribution in [0.3, 0.4) is 0 Å². The SMILES string of the molecule is CC(C)c1cc(C2C=CC(C3=CC=CCC(c4cc(-c5ccccc5)cc(-c5ccccc5)n4)=C3)=CC2C)nc2c3c(ccc12)CCC(c1ccccc1)=N3. The summed E-state index contributed by atoms with van der Waals surface area (Å²) in [5.41, 5.74) is 17.3. The predicted octanol–water partition coefficient (Wildman–Crippen LogP) is 13.3. The van der Waals surface area contributed by atoms with E-state index in [4.69, 9.17) is 15.0 Å². The number of fused-ring (bicyclic) bond motifs is 3. The second-order valence-electron chi connectivity index (χ2n) is 15.3. The molecule has 2 atom stereocenters. The molecule has 2 aromatic heterocycles. The van der Waals surface area contributed by atoms with Gasteiger partial charge in [0.15, 0.2) is 0 Å². The van der Waals surface area contributed by atoms with Gasteiger partial charge in [-0.2, -0.15) is 0 Å². The molecule has 0 spiro atoms. The lowest BCUT2D eigenvalue weighted by molar-refractivity contribution is 0.617. The highest BCUT2D eigenvalue weighted by Crippen LogP contribution is 2.41. The lowest BCUT2D eigenvalue weighted by Gasteiger charge is -2.26. The molecule has 3 nitrogen and oxygen atoms in total. The van der Waals surface area contributed by atoms with E-state index in [2.05, 4.69) is 185 Å². The number of rotatable bonds is 7. The summed E-state index contributed by atoms with van der Waals surface area (Å²) in [7, 11) is 0. The van der Waals surface area contributed by atoms with Crippen molar-refractivity contribution >= 4 is 27.9 Å². The summed E-state index contributed by atoms with van der Waals surface area (Å²) in [6, 6.07) is 43.1. The third kappa shape index (κ3) is 6.99. The van der Waals surface area contributed by atoms with Crippen molar-refractivity contribution in [2.24, 2.45) is 10.9 Å². The van der Waals surface area contributed by atoms with Crippen LogP contribution in [0, 0.1) is 5.92 Å². The van der Waals surface area contributed by atoms with E-state index in [0.717, 1.165) is 58.8 Å². The van der Waals surface area contributed by atoms with Crippen molar-refractivity contribution in [3.8, 4) is 22.4 Å².